The lowest BCUT2D eigenvalue weighted by Crippen LogP contribution is -2.40. The number of carbonyl (C=O) groups is 1. The summed E-state index contributed by atoms with van der Waals surface area (Å²) in [7, 11) is 0. The molecule has 1 amide bonds. The van der Waals surface area contributed by atoms with Gasteiger partial charge in [0.15, 0.2) is 0 Å². The van der Waals surface area contributed by atoms with Crippen molar-refractivity contribution in [3.05, 3.63) is 71.6 Å². The van der Waals surface area contributed by atoms with Crippen molar-refractivity contribution in [3.63, 3.8) is 0 Å². The molecule has 3 aromatic rings. The molecule has 146 valence electrons. The third kappa shape index (κ3) is 3.72. The van der Waals surface area contributed by atoms with Crippen LogP contribution in [0.25, 0.3) is 0 Å². The lowest BCUT2D eigenvalue weighted by molar-refractivity contribution is 0.0691. The van der Waals surface area contributed by atoms with Crippen LogP contribution in [0, 0.1) is 6.92 Å². The summed E-state index contributed by atoms with van der Waals surface area (Å²) in [6, 6.07) is 12.3. The topological polar surface area (TPSA) is 56.0 Å². The molecule has 28 heavy (non-hydrogen) atoms. The first-order valence-electron chi connectivity index (χ1n) is 10.0. The predicted octanol–water partition coefficient (Wildman–Crippen LogP) is 3.48. The third-order valence-electron chi connectivity index (χ3n) is 5.44. The molecule has 6 heteroatoms. The molecule has 1 fully saturated rings. The highest BCUT2D eigenvalue weighted by Gasteiger charge is 2.29. The minimum atomic E-state index is 0.0771. The van der Waals surface area contributed by atoms with Crippen molar-refractivity contribution in [1.29, 1.82) is 0 Å². The number of imidazole rings is 1. The fourth-order valence-corrected chi connectivity index (χ4v) is 4.09. The van der Waals surface area contributed by atoms with Crippen LogP contribution in [0.5, 0.6) is 0 Å². The zero-order valence-corrected chi connectivity index (χ0v) is 16.6. The van der Waals surface area contributed by atoms with E-state index in [2.05, 4.69) is 38.9 Å². The zero-order valence-electron chi connectivity index (χ0n) is 16.6. The summed E-state index contributed by atoms with van der Waals surface area (Å²) >= 11 is 0. The Morgan fingerprint density at radius 1 is 1.25 bits per heavy atom. The molecule has 0 spiro atoms. The van der Waals surface area contributed by atoms with Gasteiger partial charge in [0.2, 0.25) is 0 Å². The minimum absolute atomic E-state index is 0.0771. The Labute approximate surface area is 165 Å². The van der Waals surface area contributed by atoms with E-state index in [0.717, 1.165) is 37.4 Å². The number of aromatic nitrogens is 4. The summed E-state index contributed by atoms with van der Waals surface area (Å²) < 4.78 is 4.02. The van der Waals surface area contributed by atoms with Crippen molar-refractivity contribution < 1.29 is 4.79 Å². The molecule has 1 aromatic carbocycles. The summed E-state index contributed by atoms with van der Waals surface area (Å²) in [5.41, 5.74) is 2.83. The molecule has 0 unspecified atom stereocenters. The molecule has 0 radical (unpaired) electrons. The number of amides is 1. The average Bonchev–Trinajstić information content (AvgIpc) is 3.34. The maximum Gasteiger partial charge on any atom is 0.272 e. The number of hydrogen-bond acceptors (Lipinski definition) is 3. The van der Waals surface area contributed by atoms with Gasteiger partial charge in [0.25, 0.3) is 5.91 Å². The van der Waals surface area contributed by atoms with Crippen molar-refractivity contribution in [3.8, 4) is 0 Å². The number of nitrogens with zero attached hydrogens (tertiary/aromatic N) is 5. The van der Waals surface area contributed by atoms with Crippen molar-refractivity contribution in [2.75, 3.05) is 13.1 Å². The second-order valence-corrected chi connectivity index (χ2v) is 7.48. The lowest BCUT2D eigenvalue weighted by Gasteiger charge is -2.32. The van der Waals surface area contributed by atoms with E-state index in [1.807, 2.05) is 43.3 Å². The van der Waals surface area contributed by atoms with Gasteiger partial charge in [0.05, 0.1) is 5.69 Å². The first kappa shape index (κ1) is 18.5. The van der Waals surface area contributed by atoms with Crippen molar-refractivity contribution >= 4 is 5.91 Å². The van der Waals surface area contributed by atoms with Gasteiger partial charge in [-0.15, -0.1) is 0 Å². The maximum atomic E-state index is 13.1. The first-order valence-corrected chi connectivity index (χ1v) is 10.0. The van der Waals surface area contributed by atoms with Gasteiger partial charge >= 0.3 is 0 Å². The van der Waals surface area contributed by atoms with E-state index in [-0.39, 0.29) is 11.8 Å². The molecule has 6 nitrogen and oxygen atoms in total. The normalized spacial score (nSPS) is 17.1. The Kier molecular flexibility index (Phi) is 5.28. The summed E-state index contributed by atoms with van der Waals surface area (Å²) in [4.78, 5) is 19.7. The van der Waals surface area contributed by atoms with Gasteiger partial charge in [-0.25, -0.2) is 4.98 Å². The molecule has 0 N–H and O–H groups in total. The Morgan fingerprint density at radius 2 is 2.07 bits per heavy atom. The molecular formula is C22H27N5O. The van der Waals surface area contributed by atoms with Gasteiger partial charge in [-0.2, -0.15) is 5.10 Å². The van der Waals surface area contributed by atoms with Gasteiger partial charge < -0.3 is 9.47 Å². The molecule has 1 saturated heterocycles. The number of hydrogen-bond donors (Lipinski definition) is 0. The second-order valence-electron chi connectivity index (χ2n) is 7.48. The monoisotopic (exact) mass is 377 g/mol. The molecule has 4 rings (SSSR count). The van der Waals surface area contributed by atoms with Crippen LogP contribution in [0.4, 0.5) is 0 Å². The van der Waals surface area contributed by atoms with Crippen LogP contribution < -0.4 is 0 Å². The van der Waals surface area contributed by atoms with Crippen LogP contribution in [0.1, 0.15) is 53.3 Å². The summed E-state index contributed by atoms with van der Waals surface area (Å²) in [6.45, 7) is 6.96. The van der Waals surface area contributed by atoms with Crippen LogP contribution in [0.2, 0.25) is 0 Å². The Balaban J connectivity index is 1.52. The van der Waals surface area contributed by atoms with E-state index in [1.165, 1.54) is 5.56 Å². The largest absolute Gasteiger partial charge is 0.337 e. The summed E-state index contributed by atoms with van der Waals surface area (Å²) in [5, 5.41) is 4.43. The van der Waals surface area contributed by atoms with Gasteiger partial charge in [0.1, 0.15) is 11.5 Å². The summed E-state index contributed by atoms with van der Waals surface area (Å²) in [5.74, 6) is 1.41. The molecule has 3 heterocycles. The molecule has 1 atom stereocenters. The van der Waals surface area contributed by atoms with Crippen LogP contribution in [0.3, 0.4) is 0 Å². The van der Waals surface area contributed by atoms with E-state index in [4.69, 9.17) is 0 Å². The van der Waals surface area contributed by atoms with Gasteiger partial charge in [-0.3, -0.25) is 9.48 Å². The van der Waals surface area contributed by atoms with Crippen LogP contribution in [-0.4, -0.2) is 43.2 Å². The van der Waals surface area contributed by atoms with Gasteiger partial charge in [-0.05, 0) is 38.3 Å². The van der Waals surface area contributed by atoms with E-state index < -0.39 is 0 Å². The Hall–Kier alpha value is -2.89. The third-order valence-corrected chi connectivity index (χ3v) is 5.44. The number of rotatable bonds is 5. The maximum absolute atomic E-state index is 13.1. The van der Waals surface area contributed by atoms with E-state index in [1.54, 1.807) is 4.68 Å². The molecule has 0 bridgehead atoms. The number of likely N-dealkylation sites (tertiary alicyclic amines) is 1. The van der Waals surface area contributed by atoms with Crippen molar-refractivity contribution in [2.45, 2.75) is 45.7 Å². The Bertz CT molecular complexity index is 943. The van der Waals surface area contributed by atoms with Gasteiger partial charge in [0, 0.05) is 44.5 Å². The Morgan fingerprint density at radius 3 is 2.86 bits per heavy atom. The highest BCUT2D eigenvalue weighted by Crippen LogP contribution is 2.27. The fraction of sp³-hybridized carbons (Fsp3) is 0.409. The van der Waals surface area contributed by atoms with E-state index in [9.17, 15) is 4.79 Å². The molecule has 1 aliphatic rings. The van der Waals surface area contributed by atoms with Gasteiger partial charge in [-0.1, -0.05) is 30.3 Å². The molecule has 0 saturated carbocycles. The predicted molar refractivity (Wildman–Crippen MR) is 108 cm³/mol. The van der Waals surface area contributed by atoms with Crippen molar-refractivity contribution in [2.24, 2.45) is 0 Å². The van der Waals surface area contributed by atoms with E-state index in [0.29, 0.717) is 18.8 Å². The van der Waals surface area contributed by atoms with E-state index >= 15 is 0 Å². The summed E-state index contributed by atoms with van der Waals surface area (Å²) in [6.07, 6.45) is 5.96. The minimum Gasteiger partial charge on any atom is -0.337 e. The average molecular weight is 377 g/mol. The molecule has 1 aliphatic heterocycles. The number of benzene rings is 1. The van der Waals surface area contributed by atoms with Crippen LogP contribution in [-0.2, 0) is 13.1 Å². The quantitative estimate of drug-likeness (QED) is 0.684. The highest BCUT2D eigenvalue weighted by molar-refractivity contribution is 5.92. The zero-order chi connectivity index (χ0) is 19.5. The fourth-order valence-electron chi connectivity index (χ4n) is 4.09. The van der Waals surface area contributed by atoms with Crippen LogP contribution >= 0.6 is 0 Å². The lowest BCUT2D eigenvalue weighted by atomic mass is 9.96. The number of aryl methyl sites for hydroxylation is 2. The number of piperidine rings is 1. The van der Waals surface area contributed by atoms with Crippen LogP contribution in [0.15, 0.2) is 48.8 Å². The van der Waals surface area contributed by atoms with Crippen molar-refractivity contribution in [1.82, 2.24) is 24.2 Å². The SMILES string of the molecule is CCn1nc(C)cc1C(=O)N1CCC[C@H](c2nccn2Cc2ccccc2)C1. The highest BCUT2D eigenvalue weighted by atomic mass is 16.2. The second kappa shape index (κ2) is 8.00. The standard InChI is InChI=1S/C22H27N5O/c1-3-27-20(14-17(2)24-27)22(28)26-12-7-10-19(16-26)21-23-11-13-25(21)15-18-8-5-4-6-9-18/h4-6,8-9,11,13-14,19H,3,7,10,12,15-16H2,1-2H3/t19-/m0/s1. The molecule has 2 aromatic heterocycles. The number of carbonyl (C=O) groups excluding carboxylic acids is 1. The molecule has 0 aliphatic carbocycles. The molecular weight excluding hydrogens is 350 g/mol. The first-order chi connectivity index (χ1) is 13.7. The smallest absolute Gasteiger partial charge is 0.272 e.